The highest BCUT2D eigenvalue weighted by Gasteiger charge is 2.38. The molecular formula is C26H27F6N5O7. The van der Waals surface area contributed by atoms with Crippen LogP contribution in [0.2, 0.25) is 0 Å². The van der Waals surface area contributed by atoms with Crippen molar-refractivity contribution in [1.82, 2.24) is 20.1 Å². The largest absolute Gasteiger partial charge is 0.490 e. The Morgan fingerprint density at radius 3 is 2.18 bits per heavy atom. The Bertz CT molecular complexity index is 1360. The minimum absolute atomic E-state index is 0.0125. The highest BCUT2D eigenvalue weighted by atomic mass is 19.4. The first-order chi connectivity index (χ1) is 20.6. The zero-order valence-electron chi connectivity index (χ0n) is 22.7. The number of aromatic nitrogens is 4. The van der Waals surface area contributed by atoms with Crippen molar-refractivity contribution in [2.75, 3.05) is 11.9 Å². The van der Waals surface area contributed by atoms with Crippen LogP contribution >= 0.6 is 0 Å². The summed E-state index contributed by atoms with van der Waals surface area (Å²) in [5.41, 5.74) is 3.20. The zero-order valence-corrected chi connectivity index (χ0v) is 22.7. The number of nitrogens with one attached hydrogen (secondary N) is 1. The number of hydrogen-bond acceptors (Lipinski definition) is 9. The van der Waals surface area contributed by atoms with Gasteiger partial charge in [0.15, 0.2) is 5.82 Å². The molecule has 44 heavy (non-hydrogen) atoms. The molecule has 1 unspecified atom stereocenters. The van der Waals surface area contributed by atoms with E-state index >= 15 is 0 Å². The second kappa shape index (κ2) is 16.2. The highest BCUT2D eigenvalue weighted by molar-refractivity contribution is 5.73. The number of carboxylic acid groups (broad SMARTS) is 3. The summed E-state index contributed by atoms with van der Waals surface area (Å²) in [5, 5.41) is 30.9. The summed E-state index contributed by atoms with van der Waals surface area (Å²) in [6.45, 7) is 0.983. The third-order valence-electron chi connectivity index (χ3n) is 5.78. The molecule has 0 amide bonds. The zero-order chi connectivity index (χ0) is 32.9. The average Bonchev–Trinajstić information content (AvgIpc) is 3.39. The lowest BCUT2D eigenvalue weighted by atomic mass is 9.94. The number of nitrogens with zero attached hydrogens (tertiary/aromatic N) is 4. The topological polar surface area (TPSA) is 189 Å². The predicted octanol–water partition coefficient (Wildman–Crippen LogP) is 4.46. The molecule has 0 aromatic carbocycles. The molecule has 0 saturated carbocycles. The molecule has 3 aromatic heterocycles. The molecule has 12 nitrogen and oxygen atoms in total. The quantitative estimate of drug-likeness (QED) is 0.242. The molecule has 0 aliphatic carbocycles. The number of aliphatic carboxylic acids is 3. The second-order valence-corrected chi connectivity index (χ2v) is 9.19. The van der Waals surface area contributed by atoms with Crippen LogP contribution in [0.25, 0.3) is 0 Å². The molecule has 18 heteroatoms. The normalized spacial score (nSPS) is 13.1. The molecule has 4 N–H and O–H groups in total. The fourth-order valence-electron chi connectivity index (χ4n) is 3.76. The van der Waals surface area contributed by atoms with Gasteiger partial charge in [-0.1, -0.05) is 17.3 Å². The Kier molecular flexibility index (Phi) is 13.0. The molecule has 0 fully saturated rings. The summed E-state index contributed by atoms with van der Waals surface area (Å²) in [5.74, 6) is -4.52. The monoisotopic (exact) mass is 635 g/mol. The van der Waals surface area contributed by atoms with Gasteiger partial charge >= 0.3 is 30.3 Å². The molecular weight excluding hydrogens is 608 g/mol. The van der Waals surface area contributed by atoms with Gasteiger partial charge in [-0.3, -0.25) is 9.78 Å². The van der Waals surface area contributed by atoms with E-state index in [1.807, 2.05) is 6.07 Å². The number of rotatable bonds is 9. The minimum Gasteiger partial charge on any atom is -0.481 e. The Hall–Kier alpha value is -4.77. The highest BCUT2D eigenvalue weighted by Crippen LogP contribution is 2.24. The van der Waals surface area contributed by atoms with Gasteiger partial charge in [-0.25, -0.2) is 14.6 Å². The van der Waals surface area contributed by atoms with E-state index in [1.54, 1.807) is 18.5 Å². The summed E-state index contributed by atoms with van der Waals surface area (Å²) in [7, 11) is 0. The Labute approximate surface area is 245 Å². The van der Waals surface area contributed by atoms with Crippen molar-refractivity contribution >= 4 is 23.7 Å². The van der Waals surface area contributed by atoms with Crippen LogP contribution in [0.5, 0.6) is 0 Å². The van der Waals surface area contributed by atoms with Crippen molar-refractivity contribution in [2.45, 2.75) is 63.2 Å². The lowest BCUT2D eigenvalue weighted by Gasteiger charge is -2.17. The van der Waals surface area contributed by atoms with E-state index in [0.717, 1.165) is 49.3 Å². The van der Waals surface area contributed by atoms with Gasteiger partial charge in [0, 0.05) is 43.4 Å². The van der Waals surface area contributed by atoms with E-state index in [9.17, 15) is 36.2 Å². The lowest BCUT2D eigenvalue weighted by Crippen LogP contribution is -2.21. The van der Waals surface area contributed by atoms with Crippen LogP contribution < -0.4 is 5.32 Å². The fourth-order valence-corrected chi connectivity index (χ4v) is 3.76. The Balaban J connectivity index is 0.000000402. The lowest BCUT2D eigenvalue weighted by molar-refractivity contribution is -0.193. The SMILES string of the molecule is O=C(O)C(F)(F)F.O=C(O)C(F)(F)F.O=C(O)CC(Cc1nc(CCCc2ccc3c(n2)NCCC3)no1)c1cccnc1. The maximum Gasteiger partial charge on any atom is 0.490 e. The van der Waals surface area contributed by atoms with Gasteiger partial charge in [0.05, 0.1) is 6.42 Å². The van der Waals surface area contributed by atoms with E-state index in [1.165, 1.54) is 5.56 Å². The molecule has 4 rings (SSSR count). The van der Waals surface area contributed by atoms with Crippen molar-refractivity contribution in [3.63, 3.8) is 0 Å². The number of carbonyl (C=O) groups is 3. The van der Waals surface area contributed by atoms with E-state index < -0.39 is 30.3 Å². The molecule has 4 heterocycles. The van der Waals surface area contributed by atoms with Gasteiger partial charge in [-0.15, -0.1) is 0 Å². The molecule has 1 aliphatic rings. The summed E-state index contributed by atoms with van der Waals surface area (Å²) in [6.07, 6.45) is -1.81. The van der Waals surface area contributed by atoms with Gasteiger partial charge in [-0.05, 0) is 48.9 Å². The number of fused-ring (bicyclic) bond motifs is 1. The van der Waals surface area contributed by atoms with Crippen molar-refractivity contribution < 1.29 is 60.6 Å². The molecule has 1 aliphatic heterocycles. The first-order valence-corrected chi connectivity index (χ1v) is 12.8. The maximum absolute atomic E-state index is 11.2. The van der Waals surface area contributed by atoms with E-state index in [4.69, 9.17) is 29.3 Å². The average molecular weight is 636 g/mol. The number of halogens is 6. The second-order valence-electron chi connectivity index (χ2n) is 9.19. The third kappa shape index (κ3) is 12.6. The van der Waals surface area contributed by atoms with Crippen molar-refractivity contribution in [2.24, 2.45) is 0 Å². The van der Waals surface area contributed by atoms with Gasteiger partial charge < -0.3 is 25.2 Å². The van der Waals surface area contributed by atoms with Gasteiger partial charge in [0.1, 0.15) is 5.82 Å². The number of anilines is 1. The molecule has 240 valence electrons. The summed E-state index contributed by atoms with van der Waals surface area (Å²) in [6, 6.07) is 7.93. The smallest absolute Gasteiger partial charge is 0.481 e. The number of alkyl halides is 6. The third-order valence-corrected chi connectivity index (χ3v) is 5.78. The molecule has 3 aromatic rings. The number of hydrogen-bond donors (Lipinski definition) is 4. The van der Waals surface area contributed by atoms with Crippen molar-refractivity contribution in [3.8, 4) is 0 Å². The summed E-state index contributed by atoms with van der Waals surface area (Å²) < 4.78 is 68.8. The first kappa shape index (κ1) is 35.4. The summed E-state index contributed by atoms with van der Waals surface area (Å²) >= 11 is 0. The minimum atomic E-state index is -5.08. The predicted molar refractivity (Wildman–Crippen MR) is 138 cm³/mol. The van der Waals surface area contributed by atoms with Crippen LogP contribution in [0.15, 0.2) is 41.2 Å². The summed E-state index contributed by atoms with van der Waals surface area (Å²) in [4.78, 5) is 42.3. The first-order valence-electron chi connectivity index (χ1n) is 12.8. The number of aryl methyl sites for hydroxylation is 3. The van der Waals surface area contributed by atoms with Crippen LogP contribution in [0, 0.1) is 0 Å². The van der Waals surface area contributed by atoms with Gasteiger partial charge in [0.2, 0.25) is 5.89 Å². The van der Waals surface area contributed by atoms with Gasteiger partial charge in [-0.2, -0.15) is 31.3 Å². The number of carboxylic acids is 3. The fraction of sp³-hybridized carbons (Fsp3) is 0.423. The Morgan fingerprint density at radius 2 is 1.61 bits per heavy atom. The molecule has 0 radical (unpaired) electrons. The van der Waals surface area contributed by atoms with E-state index in [0.29, 0.717) is 24.6 Å². The van der Waals surface area contributed by atoms with Crippen molar-refractivity contribution in [1.29, 1.82) is 0 Å². The van der Waals surface area contributed by atoms with Gasteiger partial charge in [0.25, 0.3) is 0 Å². The van der Waals surface area contributed by atoms with E-state index in [2.05, 4.69) is 32.6 Å². The van der Waals surface area contributed by atoms with E-state index in [-0.39, 0.29) is 12.3 Å². The van der Waals surface area contributed by atoms with Crippen molar-refractivity contribution in [3.05, 3.63) is 65.2 Å². The maximum atomic E-state index is 11.2. The van der Waals surface area contributed by atoms with Crippen LogP contribution in [0.3, 0.4) is 0 Å². The molecule has 1 atom stereocenters. The number of pyridine rings is 2. The molecule has 0 saturated heterocycles. The van der Waals surface area contributed by atoms with Crippen LogP contribution in [0.4, 0.5) is 32.2 Å². The van der Waals surface area contributed by atoms with Crippen LogP contribution in [0.1, 0.15) is 53.7 Å². The molecule has 0 spiro atoms. The Morgan fingerprint density at radius 1 is 0.955 bits per heavy atom. The van der Waals surface area contributed by atoms with Crippen LogP contribution in [-0.2, 0) is 40.1 Å². The standard InChI is InChI=1S/C22H25N5O3.2C2HF3O2/c28-21(29)13-17(16-5-2-10-23-14-16)12-20-26-19(27-30-20)7-1-6-18-9-8-15-4-3-11-24-22(15)25-18;2*3-2(4,5)1(6)7/h2,5,8-10,14,17H,1,3-4,6-7,11-13H2,(H,24,25)(H,28,29);2*(H,6,7). The van der Waals surface area contributed by atoms with Crippen LogP contribution in [-0.4, -0.2) is 72.2 Å². The molecule has 0 bridgehead atoms.